The van der Waals surface area contributed by atoms with Gasteiger partial charge in [0, 0.05) is 23.9 Å². The highest BCUT2D eigenvalue weighted by Gasteiger charge is 2.17. The number of aromatic nitrogens is 4. The first-order valence-corrected chi connectivity index (χ1v) is 9.69. The maximum absolute atomic E-state index is 12.8. The van der Waals surface area contributed by atoms with Crippen LogP contribution < -0.4 is 5.32 Å². The molecule has 2 N–H and O–H groups in total. The number of hydrogen-bond donors (Lipinski definition) is 2. The smallest absolute Gasteiger partial charge is 0.274 e. The third-order valence-corrected chi connectivity index (χ3v) is 4.81. The largest absolute Gasteiger partial charge is 0.390 e. The van der Waals surface area contributed by atoms with Crippen molar-refractivity contribution in [2.75, 3.05) is 5.32 Å². The molecule has 8 nitrogen and oxygen atoms in total. The highest BCUT2D eigenvalue weighted by molar-refractivity contribution is 6.04. The van der Waals surface area contributed by atoms with E-state index in [0.717, 1.165) is 11.1 Å². The molecule has 0 aliphatic rings. The number of aryl methyl sites for hydroxylation is 2. The Morgan fingerprint density at radius 2 is 2.10 bits per heavy atom. The lowest BCUT2D eigenvalue weighted by molar-refractivity contribution is 0.0689. The number of pyridine rings is 1. The number of amides is 1. The molecule has 0 bridgehead atoms. The second kappa shape index (κ2) is 7.72. The van der Waals surface area contributed by atoms with Crippen LogP contribution in [0.2, 0.25) is 0 Å². The summed E-state index contributed by atoms with van der Waals surface area (Å²) < 4.78 is 7.04. The highest BCUT2D eigenvalue weighted by atomic mass is 16.5. The van der Waals surface area contributed by atoms with Crippen molar-refractivity contribution in [2.45, 2.75) is 39.2 Å². The number of rotatable bonds is 6. The van der Waals surface area contributed by atoms with Crippen molar-refractivity contribution in [2.24, 2.45) is 0 Å². The van der Waals surface area contributed by atoms with Crippen molar-refractivity contribution in [3.8, 4) is 11.4 Å². The molecule has 30 heavy (non-hydrogen) atoms. The van der Waals surface area contributed by atoms with Gasteiger partial charge in [0.15, 0.2) is 0 Å². The molecule has 1 amide bonds. The summed E-state index contributed by atoms with van der Waals surface area (Å²) in [5, 5.41) is 16.8. The van der Waals surface area contributed by atoms with E-state index in [1.807, 2.05) is 43.3 Å². The third-order valence-electron chi connectivity index (χ3n) is 4.81. The van der Waals surface area contributed by atoms with Gasteiger partial charge >= 0.3 is 0 Å². The lowest BCUT2D eigenvalue weighted by Crippen LogP contribution is -2.19. The SMILES string of the molecule is Cc1ccc(-c2noc(CCC(C)(C)O)n2)cc1NC(=O)c1cnc2ccccn12. The fourth-order valence-electron chi connectivity index (χ4n) is 3.07. The summed E-state index contributed by atoms with van der Waals surface area (Å²) in [6.45, 7) is 5.39. The summed E-state index contributed by atoms with van der Waals surface area (Å²) in [5.74, 6) is 0.642. The topological polar surface area (TPSA) is 106 Å². The minimum atomic E-state index is -0.798. The number of aliphatic hydroxyl groups is 1. The first kappa shape index (κ1) is 19.8. The van der Waals surface area contributed by atoms with Gasteiger partial charge in [0.2, 0.25) is 11.7 Å². The lowest BCUT2D eigenvalue weighted by Gasteiger charge is -2.14. The molecule has 0 unspecified atom stereocenters. The fourth-order valence-corrected chi connectivity index (χ4v) is 3.07. The Morgan fingerprint density at radius 1 is 1.27 bits per heavy atom. The van der Waals surface area contributed by atoms with Gasteiger partial charge in [-0.2, -0.15) is 4.98 Å². The van der Waals surface area contributed by atoms with Gasteiger partial charge in [-0.05, 0) is 51.0 Å². The Hall–Kier alpha value is -3.52. The molecule has 0 aliphatic heterocycles. The van der Waals surface area contributed by atoms with E-state index in [4.69, 9.17) is 4.52 Å². The zero-order chi connectivity index (χ0) is 21.3. The molecule has 0 saturated carbocycles. The first-order valence-electron chi connectivity index (χ1n) is 9.69. The molecule has 4 rings (SSSR count). The predicted octanol–water partition coefficient (Wildman–Crippen LogP) is 3.65. The molecular weight excluding hydrogens is 382 g/mol. The van der Waals surface area contributed by atoms with E-state index in [0.29, 0.717) is 41.6 Å². The molecule has 0 spiro atoms. The molecule has 3 heterocycles. The fraction of sp³-hybridized carbons (Fsp3) is 0.273. The maximum Gasteiger partial charge on any atom is 0.274 e. The van der Waals surface area contributed by atoms with Gasteiger partial charge in [-0.15, -0.1) is 0 Å². The summed E-state index contributed by atoms with van der Waals surface area (Å²) in [6.07, 6.45) is 4.36. The van der Waals surface area contributed by atoms with Gasteiger partial charge in [-0.1, -0.05) is 23.4 Å². The van der Waals surface area contributed by atoms with E-state index < -0.39 is 5.60 Å². The minimum absolute atomic E-state index is 0.257. The van der Waals surface area contributed by atoms with E-state index in [9.17, 15) is 9.90 Å². The van der Waals surface area contributed by atoms with Crippen LogP contribution >= 0.6 is 0 Å². The molecule has 1 aromatic carbocycles. The van der Waals surface area contributed by atoms with Crippen molar-refractivity contribution < 1.29 is 14.4 Å². The number of nitrogens with zero attached hydrogens (tertiary/aromatic N) is 4. The Morgan fingerprint density at radius 3 is 2.90 bits per heavy atom. The zero-order valence-corrected chi connectivity index (χ0v) is 17.1. The highest BCUT2D eigenvalue weighted by Crippen LogP contribution is 2.25. The van der Waals surface area contributed by atoms with Gasteiger partial charge in [0.25, 0.3) is 5.91 Å². The average molecular weight is 405 g/mol. The summed E-state index contributed by atoms with van der Waals surface area (Å²) >= 11 is 0. The van der Waals surface area contributed by atoms with E-state index >= 15 is 0 Å². The number of carbonyl (C=O) groups excluding carboxylic acids is 1. The summed E-state index contributed by atoms with van der Waals surface area (Å²) in [7, 11) is 0. The number of carbonyl (C=O) groups is 1. The third kappa shape index (κ3) is 4.23. The van der Waals surface area contributed by atoms with Crippen LogP contribution in [0.15, 0.2) is 53.3 Å². The molecule has 4 aromatic rings. The average Bonchev–Trinajstić information content (AvgIpc) is 3.34. The number of imidazole rings is 1. The molecule has 8 heteroatoms. The summed E-state index contributed by atoms with van der Waals surface area (Å²) in [4.78, 5) is 21.5. The number of nitrogens with one attached hydrogen (secondary N) is 1. The Balaban J connectivity index is 1.55. The van der Waals surface area contributed by atoms with Crippen molar-refractivity contribution >= 4 is 17.2 Å². The lowest BCUT2D eigenvalue weighted by atomic mass is 10.0. The van der Waals surface area contributed by atoms with Crippen LogP contribution in [0.3, 0.4) is 0 Å². The van der Waals surface area contributed by atoms with Gasteiger partial charge in [0.05, 0.1) is 11.8 Å². The van der Waals surface area contributed by atoms with Crippen LogP contribution in [0.1, 0.15) is 42.2 Å². The number of hydrogen-bond acceptors (Lipinski definition) is 6. The van der Waals surface area contributed by atoms with Crippen LogP contribution in [0.4, 0.5) is 5.69 Å². The first-order chi connectivity index (χ1) is 14.3. The van der Waals surface area contributed by atoms with E-state index in [1.54, 1.807) is 30.6 Å². The van der Waals surface area contributed by atoms with E-state index in [2.05, 4.69) is 20.4 Å². The zero-order valence-electron chi connectivity index (χ0n) is 17.1. The second-order valence-electron chi connectivity index (χ2n) is 7.88. The molecule has 0 aliphatic carbocycles. The van der Waals surface area contributed by atoms with Crippen molar-refractivity contribution in [3.05, 3.63) is 65.9 Å². The second-order valence-corrected chi connectivity index (χ2v) is 7.88. The van der Waals surface area contributed by atoms with Crippen LogP contribution in [0, 0.1) is 6.92 Å². The van der Waals surface area contributed by atoms with Crippen LogP contribution in [0.25, 0.3) is 17.0 Å². The molecule has 3 aromatic heterocycles. The van der Waals surface area contributed by atoms with Crippen LogP contribution in [-0.4, -0.2) is 36.1 Å². The maximum atomic E-state index is 12.8. The van der Waals surface area contributed by atoms with Gasteiger partial charge in [-0.3, -0.25) is 9.20 Å². The minimum Gasteiger partial charge on any atom is -0.390 e. The normalized spacial score (nSPS) is 11.7. The van der Waals surface area contributed by atoms with E-state index in [-0.39, 0.29) is 5.91 Å². The number of benzene rings is 1. The van der Waals surface area contributed by atoms with Gasteiger partial charge in [-0.25, -0.2) is 4.98 Å². The Bertz CT molecular complexity index is 1200. The molecule has 0 atom stereocenters. The van der Waals surface area contributed by atoms with Crippen molar-refractivity contribution in [1.82, 2.24) is 19.5 Å². The van der Waals surface area contributed by atoms with Crippen molar-refractivity contribution in [3.63, 3.8) is 0 Å². The van der Waals surface area contributed by atoms with Gasteiger partial charge < -0.3 is 14.9 Å². The van der Waals surface area contributed by atoms with E-state index in [1.165, 1.54) is 0 Å². The predicted molar refractivity (Wildman–Crippen MR) is 112 cm³/mol. The quantitative estimate of drug-likeness (QED) is 0.507. The number of anilines is 1. The molecule has 0 saturated heterocycles. The molecule has 154 valence electrons. The van der Waals surface area contributed by atoms with Gasteiger partial charge in [0.1, 0.15) is 11.3 Å². The monoisotopic (exact) mass is 405 g/mol. The number of fused-ring (bicyclic) bond motifs is 1. The standard InChI is InChI=1S/C22H23N5O3/c1-14-7-8-15(20-25-19(30-26-20)9-10-22(2,3)29)12-16(14)24-21(28)17-13-23-18-6-4-5-11-27(17)18/h4-8,11-13,29H,9-10H2,1-3H3,(H,24,28). The molecular formula is C22H23N5O3. The van der Waals surface area contributed by atoms with Crippen LogP contribution in [-0.2, 0) is 6.42 Å². The van der Waals surface area contributed by atoms with Crippen LogP contribution in [0.5, 0.6) is 0 Å². The molecule has 0 fully saturated rings. The van der Waals surface area contributed by atoms with Crippen molar-refractivity contribution in [1.29, 1.82) is 0 Å². The Kier molecular flexibility index (Phi) is 5.09. The Labute approximate surface area is 173 Å². The molecule has 0 radical (unpaired) electrons. The summed E-state index contributed by atoms with van der Waals surface area (Å²) in [6, 6.07) is 11.2. The summed E-state index contributed by atoms with van der Waals surface area (Å²) in [5.41, 5.74) is 2.65.